The standard InChI is InChI=1S/C11H11N/c1-2-8-4-5-9-6-7-12-10(3-1)11(8)9/h2,6-7H,1,3-5H2. The maximum absolute atomic E-state index is 4.43. The predicted molar refractivity (Wildman–Crippen MR) is 48.9 cm³/mol. The van der Waals surface area contributed by atoms with Gasteiger partial charge in [-0.25, -0.2) is 0 Å². The molecule has 1 nitrogen and oxygen atoms in total. The third-order valence-electron chi connectivity index (χ3n) is 2.87. The minimum atomic E-state index is 1.15. The Kier molecular flexibility index (Phi) is 1.17. The molecule has 0 unspecified atom stereocenters. The van der Waals surface area contributed by atoms with Gasteiger partial charge >= 0.3 is 0 Å². The van der Waals surface area contributed by atoms with E-state index in [1.165, 1.54) is 36.1 Å². The van der Waals surface area contributed by atoms with Crippen LogP contribution in [0.5, 0.6) is 0 Å². The summed E-state index contributed by atoms with van der Waals surface area (Å²) in [5.41, 5.74) is 5.90. The molecule has 1 heteroatoms. The molecule has 2 aliphatic rings. The first-order valence-electron chi connectivity index (χ1n) is 4.61. The number of rotatable bonds is 0. The molecular weight excluding hydrogens is 146 g/mol. The van der Waals surface area contributed by atoms with E-state index >= 15 is 0 Å². The minimum Gasteiger partial charge on any atom is -0.261 e. The van der Waals surface area contributed by atoms with Gasteiger partial charge < -0.3 is 0 Å². The van der Waals surface area contributed by atoms with E-state index in [9.17, 15) is 0 Å². The van der Waals surface area contributed by atoms with Crippen molar-refractivity contribution in [3.8, 4) is 0 Å². The monoisotopic (exact) mass is 157 g/mol. The van der Waals surface area contributed by atoms with Crippen LogP contribution in [0, 0.1) is 0 Å². The van der Waals surface area contributed by atoms with Crippen LogP contribution in [0.3, 0.4) is 0 Å². The van der Waals surface area contributed by atoms with Gasteiger partial charge in [-0.05, 0) is 42.9 Å². The zero-order valence-electron chi connectivity index (χ0n) is 7.01. The Bertz CT molecular complexity index is 363. The van der Waals surface area contributed by atoms with E-state index in [1.807, 2.05) is 6.20 Å². The number of allylic oxidation sites excluding steroid dienone is 2. The quantitative estimate of drug-likeness (QED) is 0.563. The maximum atomic E-state index is 4.43. The van der Waals surface area contributed by atoms with E-state index in [0.717, 1.165) is 6.42 Å². The van der Waals surface area contributed by atoms with E-state index in [1.54, 1.807) is 5.57 Å². The summed E-state index contributed by atoms with van der Waals surface area (Å²) in [6.07, 6.45) is 9.17. The van der Waals surface area contributed by atoms with Gasteiger partial charge in [0.1, 0.15) is 0 Å². The van der Waals surface area contributed by atoms with Gasteiger partial charge in [0.15, 0.2) is 0 Å². The molecule has 12 heavy (non-hydrogen) atoms. The fourth-order valence-electron chi connectivity index (χ4n) is 2.32. The third kappa shape index (κ3) is 0.711. The SMILES string of the molecule is C1=C2CCc3ccnc(c32)CC1. The number of nitrogens with zero attached hydrogens (tertiary/aromatic N) is 1. The van der Waals surface area contributed by atoms with Crippen LogP contribution in [-0.2, 0) is 12.8 Å². The summed E-state index contributed by atoms with van der Waals surface area (Å²) < 4.78 is 0. The highest BCUT2D eigenvalue weighted by Gasteiger charge is 2.22. The number of aromatic nitrogens is 1. The van der Waals surface area contributed by atoms with Gasteiger partial charge in [0.05, 0.1) is 0 Å². The lowest BCUT2D eigenvalue weighted by molar-refractivity contribution is 0.920. The molecule has 0 spiro atoms. The molecule has 1 aromatic heterocycles. The molecule has 0 bridgehead atoms. The molecule has 1 heterocycles. The van der Waals surface area contributed by atoms with Gasteiger partial charge in [0.25, 0.3) is 0 Å². The van der Waals surface area contributed by atoms with Crippen LogP contribution >= 0.6 is 0 Å². The van der Waals surface area contributed by atoms with Crippen molar-refractivity contribution < 1.29 is 0 Å². The summed E-state index contributed by atoms with van der Waals surface area (Å²) in [5.74, 6) is 0. The Morgan fingerprint density at radius 2 is 2.17 bits per heavy atom. The van der Waals surface area contributed by atoms with E-state index in [2.05, 4.69) is 17.1 Å². The van der Waals surface area contributed by atoms with Crippen molar-refractivity contribution in [1.82, 2.24) is 4.98 Å². The Morgan fingerprint density at radius 3 is 3.17 bits per heavy atom. The van der Waals surface area contributed by atoms with Gasteiger partial charge in [0.2, 0.25) is 0 Å². The summed E-state index contributed by atoms with van der Waals surface area (Å²) in [6, 6.07) is 2.17. The first-order valence-corrected chi connectivity index (χ1v) is 4.61. The fraction of sp³-hybridized carbons (Fsp3) is 0.364. The molecule has 0 aliphatic heterocycles. The van der Waals surface area contributed by atoms with Crippen molar-refractivity contribution in [2.24, 2.45) is 0 Å². The average Bonchev–Trinajstić information content (AvgIpc) is 2.52. The first-order chi connectivity index (χ1) is 5.95. The largest absolute Gasteiger partial charge is 0.261 e. The molecule has 0 atom stereocenters. The number of hydrogen-bond donors (Lipinski definition) is 0. The van der Waals surface area contributed by atoms with E-state index < -0.39 is 0 Å². The van der Waals surface area contributed by atoms with Crippen molar-refractivity contribution in [2.75, 3.05) is 0 Å². The van der Waals surface area contributed by atoms with Crippen LogP contribution in [0.1, 0.15) is 29.7 Å². The number of aryl methyl sites for hydroxylation is 2. The predicted octanol–water partition coefficient (Wildman–Crippen LogP) is 2.36. The van der Waals surface area contributed by atoms with E-state index in [4.69, 9.17) is 0 Å². The minimum absolute atomic E-state index is 1.15. The molecule has 1 aromatic rings. The van der Waals surface area contributed by atoms with Crippen molar-refractivity contribution in [3.05, 3.63) is 35.2 Å². The van der Waals surface area contributed by atoms with Crippen LogP contribution < -0.4 is 0 Å². The highest BCUT2D eigenvalue weighted by molar-refractivity contribution is 5.75. The molecule has 60 valence electrons. The summed E-state index contributed by atoms with van der Waals surface area (Å²) >= 11 is 0. The molecule has 0 radical (unpaired) electrons. The van der Waals surface area contributed by atoms with Crippen LogP contribution in [0.4, 0.5) is 0 Å². The summed E-state index contributed by atoms with van der Waals surface area (Å²) in [7, 11) is 0. The van der Waals surface area contributed by atoms with Gasteiger partial charge in [-0.15, -0.1) is 0 Å². The van der Waals surface area contributed by atoms with E-state index in [0.29, 0.717) is 0 Å². The summed E-state index contributed by atoms with van der Waals surface area (Å²) in [5, 5.41) is 0. The molecule has 0 saturated heterocycles. The van der Waals surface area contributed by atoms with Crippen LogP contribution in [0.25, 0.3) is 5.57 Å². The molecular formula is C11H11N. The lowest BCUT2D eigenvalue weighted by Crippen LogP contribution is -2.00. The molecule has 0 aromatic carbocycles. The fourth-order valence-corrected chi connectivity index (χ4v) is 2.32. The molecule has 3 rings (SSSR count). The maximum Gasteiger partial charge on any atom is 0.0484 e. The second-order valence-corrected chi connectivity index (χ2v) is 3.56. The first kappa shape index (κ1) is 6.41. The Labute approximate surface area is 72.1 Å². The number of pyridine rings is 1. The van der Waals surface area contributed by atoms with Crippen molar-refractivity contribution >= 4 is 5.57 Å². The van der Waals surface area contributed by atoms with Crippen LogP contribution in [0.15, 0.2) is 18.3 Å². The second-order valence-electron chi connectivity index (χ2n) is 3.56. The molecule has 2 aliphatic carbocycles. The van der Waals surface area contributed by atoms with Gasteiger partial charge in [-0.2, -0.15) is 0 Å². The lowest BCUT2D eigenvalue weighted by Gasteiger charge is -2.12. The number of hydrogen-bond acceptors (Lipinski definition) is 1. The van der Waals surface area contributed by atoms with Crippen LogP contribution in [-0.4, -0.2) is 4.98 Å². The second kappa shape index (κ2) is 2.19. The Morgan fingerprint density at radius 1 is 1.17 bits per heavy atom. The van der Waals surface area contributed by atoms with Gasteiger partial charge in [0, 0.05) is 17.5 Å². The molecule has 0 N–H and O–H groups in total. The average molecular weight is 157 g/mol. The smallest absolute Gasteiger partial charge is 0.0484 e. The topological polar surface area (TPSA) is 12.9 Å². The zero-order valence-corrected chi connectivity index (χ0v) is 7.01. The Balaban J connectivity index is 2.34. The Hall–Kier alpha value is -1.11. The highest BCUT2D eigenvalue weighted by Crippen LogP contribution is 2.37. The zero-order chi connectivity index (χ0) is 7.97. The van der Waals surface area contributed by atoms with Crippen LogP contribution in [0.2, 0.25) is 0 Å². The van der Waals surface area contributed by atoms with Gasteiger partial charge in [-0.1, -0.05) is 6.08 Å². The normalized spacial score (nSPS) is 18.8. The molecule has 0 fully saturated rings. The van der Waals surface area contributed by atoms with Crippen molar-refractivity contribution in [2.45, 2.75) is 25.7 Å². The lowest BCUT2D eigenvalue weighted by atomic mass is 9.96. The van der Waals surface area contributed by atoms with Gasteiger partial charge in [-0.3, -0.25) is 4.98 Å². The van der Waals surface area contributed by atoms with Crippen molar-refractivity contribution in [1.29, 1.82) is 0 Å². The molecule has 0 amide bonds. The van der Waals surface area contributed by atoms with E-state index in [-0.39, 0.29) is 0 Å². The summed E-state index contributed by atoms with van der Waals surface area (Å²) in [6.45, 7) is 0. The highest BCUT2D eigenvalue weighted by atomic mass is 14.7. The van der Waals surface area contributed by atoms with Crippen molar-refractivity contribution in [3.63, 3.8) is 0 Å². The molecule has 0 saturated carbocycles. The summed E-state index contributed by atoms with van der Waals surface area (Å²) in [4.78, 5) is 4.43. The third-order valence-corrected chi connectivity index (χ3v) is 2.87.